The first-order valence-corrected chi connectivity index (χ1v) is 4.85. The lowest BCUT2D eigenvalue weighted by atomic mass is 9.88. The van der Waals surface area contributed by atoms with Gasteiger partial charge in [-0.05, 0) is 13.3 Å². The van der Waals surface area contributed by atoms with E-state index >= 15 is 0 Å². The van der Waals surface area contributed by atoms with Gasteiger partial charge in [0, 0.05) is 5.41 Å². The van der Waals surface area contributed by atoms with Crippen molar-refractivity contribution in [3.05, 3.63) is 0 Å². The first-order valence-electron chi connectivity index (χ1n) is 4.85. The van der Waals surface area contributed by atoms with Gasteiger partial charge in [-0.2, -0.15) is 0 Å². The smallest absolute Gasteiger partial charge is 0.226 e. The van der Waals surface area contributed by atoms with Crippen molar-refractivity contribution in [1.29, 1.82) is 0 Å². The summed E-state index contributed by atoms with van der Waals surface area (Å²) in [6.45, 7) is 6.66. The average molecular weight is 203 g/mol. The topological polar surface area (TPSA) is 69.6 Å². The maximum absolute atomic E-state index is 11.7. The molecule has 0 fully saturated rings. The molecule has 4 nitrogen and oxygen atoms in total. The number of nitrogens with one attached hydrogen (secondary N) is 1. The lowest BCUT2D eigenvalue weighted by Crippen LogP contribution is -2.55. The molecule has 0 spiro atoms. The molecule has 3 N–H and O–H groups in total. The van der Waals surface area contributed by atoms with E-state index in [0.717, 1.165) is 0 Å². The summed E-state index contributed by atoms with van der Waals surface area (Å²) in [5.41, 5.74) is -1.39. The number of hydrogen-bond donors (Lipinski definition) is 3. The third-order valence-corrected chi connectivity index (χ3v) is 2.61. The Bertz CT molecular complexity index is 198. The number of hydrogen-bond acceptors (Lipinski definition) is 3. The van der Waals surface area contributed by atoms with Gasteiger partial charge in [0.1, 0.15) is 0 Å². The van der Waals surface area contributed by atoms with Crippen molar-refractivity contribution in [2.75, 3.05) is 13.2 Å². The monoisotopic (exact) mass is 203 g/mol. The minimum absolute atomic E-state index is 0.148. The Hall–Kier alpha value is -0.610. The van der Waals surface area contributed by atoms with Crippen LogP contribution < -0.4 is 5.32 Å². The number of carbonyl (C=O) groups is 1. The van der Waals surface area contributed by atoms with Crippen molar-refractivity contribution in [2.45, 2.75) is 39.7 Å². The Morgan fingerprint density at radius 1 is 1.21 bits per heavy atom. The van der Waals surface area contributed by atoms with Crippen LogP contribution in [0.3, 0.4) is 0 Å². The van der Waals surface area contributed by atoms with Crippen LogP contribution in [-0.4, -0.2) is 34.9 Å². The van der Waals surface area contributed by atoms with Crippen molar-refractivity contribution in [1.82, 2.24) is 5.32 Å². The van der Waals surface area contributed by atoms with Crippen molar-refractivity contribution >= 4 is 5.91 Å². The molecule has 0 unspecified atom stereocenters. The van der Waals surface area contributed by atoms with Crippen LogP contribution in [0.4, 0.5) is 0 Å². The van der Waals surface area contributed by atoms with Crippen LogP contribution in [0.1, 0.15) is 34.1 Å². The average Bonchev–Trinajstić information content (AvgIpc) is 2.17. The summed E-state index contributed by atoms with van der Waals surface area (Å²) in [5, 5.41) is 20.6. The third kappa shape index (κ3) is 3.27. The molecule has 0 atom stereocenters. The molecular formula is C10H21NO3. The SMILES string of the molecule is CCC(C)(C)C(=O)NC(C)(CO)CO. The summed E-state index contributed by atoms with van der Waals surface area (Å²) >= 11 is 0. The van der Waals surface area contributed by atoms with Crippen molar-refractivity contribution in [3.8, 4) is 0 Å². The first kappa shape index (κ1) is 13.4. The molecule has 0 aromatic carbocycles. The summed E-state index contributed by atoms with van der Waals surface area (Å²) in [5.74, 6) is -0.148. The summed E-state index contributed by atoms with van der Waals surface area (Å²) in [4.78, 5) is 11.7. The summed E-state index contributed by atoms with van der Waals surface area (Å²) in [6.07, 6.45) is 0.714. The van der Waals surface area contributed by atoms with E-state index in [2.05, 4.69) is 5.32 Å². The Labute approximate surface area is 85.3 Å². The Morgan fingerprint density at radius 3 is 1.93 bits per heavy atom. The zero-order valence-corrected chi connectivity index (χ0v) is 9.42. The van der Waals surface area contributed by atoms with Crippen LogP contribution in [0.2, 0.25) is 0 Å². The molecule has 0 aliphatic carbocycles. The van der Waals surface area contributed by atoms with E-state index < -0.39 is 11.0 Å². The highest BCUT2D eigenvalue weighted by Crippen LogP contribution is 2.20. The minimum atomic E-state index is -0.927. The second kappa shape index (κ2) is 4.75. The van der Waals surface area contributed by atoms with Gasteiger partial charge in [-0.25, -0.2) is 0 Å². The van der Waals surface area contributed by atoms with Gasteiger partial charge in [0.15, 0.2) is 0 Å². The van der Waals surface area contributed by atoms with E-state index in [1.54, 1.807) is 6.92 Å². The van der Waals surface area contributed by atoms with Crippen molar-refractivity contribution in [2.24, 2.45) is 5.41 Å². The molecule has 14 heavy (non-hydrogen) atoms. The first-order chi connectivity index (χ1) is 6.31. The molecule has 0 aliphatic rings. The fourth-order valence-corrected chi connectivity index (χ4v) is 0.733. The van der Waals surface area contributed by atoms with Gasteiger partial charge in [0.25, 0.3) is 0 Å². The highest BCUT2D eigenvalue weighted by atomic mass is 16.3. The second-order valence-corrected chi connectivity index (χ2v) is 4.57. The predicted molar refractivity (Wildman–Crippen MR) is 54.8 cm³/mol. The minimum Gasteiger partial charge on any atom is -0.394 e. The number of aliphatic hydroxyl groups excluding tert-OH is 2. The number of carbonyl (C=O) groups excluding carboxylic acids is 1. The van der Waals surface area contributed by atoms with E-state index in [1.807, 2.05) is 20.8 Å². The van der Waals surface area contributed by atoms with Crippen LogP contribution in [-0.2, 0) is 4.79 Å². The molecule has 0 radical (unpaired) electrons. The van der Waals surface area contributed by atoms with E-state index in [1.165, 1.54) is 0 Å². The molecule has 1 amide bonds. The highest BCUT2D eigenvalue weighted by molar-refractivity contribution is 5.82. The fourth-order valence-electron chi connectivity index (χ4n) is 0.733. The molecule has 4 heteroatoms. The molecule has 0 aromatic heterocycles. The zero-order valence-electron chi connectivity index (χ0n) is 9.42. The maximum atomic E-state index is 11.7. The molecule has 0 aliphatic heterocycles. The number of aliphatic hydroxyl groups is 2. The van der Waals surface area contributed by atoms with Crippen LogP contribution in [0.15, 0.2) is 0 Å². The molecule has 0 heterocycles. The highest BCUT2D eigenvalue weighted by Gasteiger charge is 2.32. The quantitative estimate of drug-likeness (QED) is 0.601. The molecule has 84 valence electrons. The van der Waals surface area contributed by atoms with E-state index in [4.69, 9.17) is 10.2 Å². The molecule has 0 saturated heterocycles. The van der Waals surface area contributed by atoms with Crippen molar-refractivity contribution in [3.63, 3.8) is 0 Å². The van der Waals surface area contributed by atoms with Crippen LogP contribution >= 0.6 is 0 Å². The van der Waals surface area contributed by atoms with E-state index in [0.29, 0.717) is 6.42 Å². The van der Waals surface area contributed by atoms with Gasteiger partial charge in [-0.15, -0.1) is 0 Å². The second-order valence-electron chi connectivity index (χ2n) is 4.57. The summed E-state index contributed by atoms with van der Waals surface area (Å²) < 4.78 is 0. The number of amides is 1. The predicted octanol–water partition coefficient (Wildman–Crippen LogP) is 0.282. The standard InChI is InChI=1S/C10H21NO3/c1-5-9(2,3)8(14)11-10(4,6-12)7-13/h12-13H,5-7H2,1-4H3,(H,11,14). The molecule has 0 bridgehead atoms. The lowest BCUT2D eigenvalue weighted by Gasteiger charge is -2.31. The Morgan fingerprint density at radius 2 is 1.64 bits per heavy atom. The van der Waals surface area contributed by atoms with Gasteiger partial charge >= 0.3 is 0 Å². The van der Waals surface area contributed by atoms with E-state index in [-0.39, 0.29) is 19.1 Å². The molecule has 0 rings (SSSR count). The molecular weight excluding hydrogens is 182 g/mol. The Kier molecular flexibility index (Phi) is 4.55. The van der Waals surface area contributed by atoms with Gasteiger partial charge in [0.2, 0.25) is 5.91 Å². The third-order valence-electron chi connectivity index (χ3n) is 2.61. The van der Waals surface area contributed by atoms with Crippen LogP contribution in [0, 0.1) is 5.41 Å². The summed E-state index contributed by atoms with van der Waals surface area (Å²) in [7, 11) is 0. The fraction of sp³-hybridized carbons (Fsp3) is 0.900. The zero-order chi connectivity index (χ0) is 11.4. The van der Waals surface area contributed by atoms with E-state index in [9.17, 15) is 4.79 Å². The Balaban J connectivity index is 4.45. The van der Waals surface area contributed by atoms with Gasteiger partial charge in [-0.1, -0.05) is 20.8 Å². The number of rotatable bonds is 5. The summed E-state index contributed by atoms with van der Waals surface area (Å²) in [6, 6.07) is 0. The van der Waals surface area contributed by atoms with Gasteiger partial charge < -0.3 is 15.5 Å². The molecule has 0 saturated carbocycles. The maximum Gasteiger partial charge on any atom is 0.226 e. The van der Waals surface area contributed by atoms with Crippen LogP contribution in [0.5, 0.6) is 0 Å². The van der Waals surface area contributed by atoms with Gasteiger partial charge in [-0.3, -0.25) is 4.79 Å². The molecule has 0 aromatic rings. The van der Waals surface area contributed by atoms with Crippen LogP contribution in [0.25, 0.3) is 0 Å². The lowest BCUT2D eigenvalue weighted by molar-refractivity contribution is -0.132. The van der Waals surface area contributed by atoms with Crippen molar-refractivity contribution < 1.29 is 15.0 Å². The normalized spacial score (nSPS) is 12.7. The van der Waals surface area contributed by atoms with Gasteiger partial charge in [0.05, 0.1) is 18.8 Å². The largest absolute Gasteiger partial charge is 0.394 e.